The molecular formula is C6H14BrNO2S. The monoisotopic (exact) mass is 243 g/mol. The van der Waals surface area contributed by atoms with Crippen molar-refractivity contribution in [2.75, 3.05) is 11.6 Å². The Bertz CT molecular complexity index is 201. The largest absolute Gasteiger partial charge is 0.213 e. The van der Waals surface area contributed by atoms with Gasteiger partial charge in [-0.1, -0.05) is 29.8 Å². The highest BCUT2D eigenvalue weighted by Gasteiger charge is 2.15. The molecule has 0 aromatic rings. The smallest absolute Gasteiger partial charge is 0.208 e. The minimum atomic E-state index is -3.06. The van der Waals surface area contributed by atoms with Crippen LogP contribution >= 0.6 is 15.9 Å². The summed E-state index contributed by atoms with van der Waals surface area (Å²) in [5.74, 6) is 0.309. The zero-order valence-corrected chi connectivity index (χ0v) is 9.37. The third kappa shape index (κ3) is 5.64. The van der Waals surface area contributed by atoms with Crippen LogP contribution in [0.15, 0.2) is 0 Å². The van der Waals surface area contributed by atoms with E-state index in [1.54, 1.807) is 0 Å². The first kappa shape index (κ1) is 11.4. The van der Waals surface area contributed by atoms with Gasteiger partial charge >= 0.3 is 0 Å². The van der Waals surface area contributed by atoms with Gasteiger partial charge in [0.25, 0.3) is 0 Å². The fourth-order valence-corrected chi connectivity index (χ4v) is 2.65. The lowest BCUT2D eigenvalue weighted by atomic mass is 10.1. The molecule has 3 nitrogen and oxygen atoms in total. The van der Waals surface area contributed by atoms with E-state index in [0.717, 1.165) is 0 Å². The molecule has 0 rings (SSSR count). The van der Waals surface area contributed by atoms with E-state index in [2.05, 4.69) is 20.7 Å². The highest BCUT2D eigenvalue weighted by Crippen LogP contribution is 2.05. The number of halogens is 1. The molecule has 0 bridgehead atoms. The minimum Gasteiger partial charge on any atom is -0.213 e. The molecule has 0 aromatic heterocycles. The van der Waals surface area contributed by atoms with Crippen molar-refractivity contribution < 1.29 is 8.42 Å². The van der Waals surface area contributed by atoms with Gasteiger partial charge in [-0.2, -0.15) is 0 Å². The Balaban J connectivity index is 4.10. The van der Waals surface area contributed by atoms with Gasteiger partial charge in [0.15, 0.2) is 0 Å². The zero-order chi connectivity index (χ0) is 9.07. The standard InChI is InChI=1S/C6H14BrNO2S/c1-5(2)6(4-7)8-11(3,9)10/h5-6,8H,4H2,1-3H3. The average Bonchev–Trinajstić information content (AvgIpc) is 1.80. The number of alkyl halides is 1. The van der Waals surface area contributed by atoms with Crippen molar-refractivity contribution in [3.8, 4) is 0 Å². The van der Waals surface area contributed by atoms with Crippen LogP contribution in [-0.2, 0) is 10.0 Å². The van der Waals surface area contributed by atoms with Gasteiger partial charge in [0.2, 0.25) is 10.0 Å². The van der Waals surface area contributed by atoms with Gasteiger partial charge < -0.3 is 0 Å². The number of sulfonamides is 1. The Hall–Kier alpha value is 0.390. The summed E-state index contributed by atoms with van der Waals surface area (Å²) in [4.78, 5) is 0. The second-order valence-corrected chi connectivity index (χ2v) is 5.32. The molecular weight excluding hydrogens is 230 g/mol. The number of hydrogen-bond acceptors (Lipinski definition) is 2. The Morgan fingerprint density at radius 1 is 1.45 bits per heavy atom. The van der Waals surface area contributed by atoms with E-state index in [1.807, 2.05) is 13.8 Å². The van der Waals surface area contributed by atoms with Crippen LogP contribution in [0.1, 0.15) is 13.8 Å². The quantitative estimate of drug-likeness (QED) is 0.748. The zero-order valence-electron chi connectivity index (χ0n) is 6.96. The van der Waals surface area contributed by atoms with Gasteiger partial charge in [0.05, 0.1) is 6.26 Å². The molecule has 0 fully saturated rings. The van der Waals surface area contributed by atoms with Crippen LogP contribution in [0, 0.1) is 5.92 Å². The van der Waals surface area contributed by atoms with Crippen LogP contribution in [0.25, 0.3) is 0 Å². The van der Waals surface area contributed by atoms with Gasteiger partial charge in [0.1, 0.15) is 0 Å². The maximum Gasteiger partial charge on any atom is 0.208 e. The summed E-state index contributed by atoms with van der Waals surface area (Å²) in [7, 11) is -3.06. The van der Waals surface area contributed by atoms with Crippen molar-refractivity contribution >= 4 is 26.0 Å². The number of rotatable bonds is 4. The molecule has 1 unspecified atom stereocenters. The van der Waals surface area contributed by atoms with Gasteiger partial charge in [-0.05, 0) is 5.92 Å². The molecule has 1 N–H and O–H groups in total. The van der Waals surface area contributed by atoms with Crippen molar-refractivity contribution in [1.82, 2.24) is 4.72 Å². The van der Waals surface area contributed by atoms with Crippen LogP contribution in [-0.4, -0.2) is 26.0 Å². The molecule has 0 saturated carbocycles. The van der Waals surface area contributed by atoms with Crippen LogP contribution in [0.2, 0.25) is 0 Å². The molecule has 0 aliphatic heterocycles. The molecule has 0 aliphatic rings. The molecule has 0 heterocycles. The van der Waals surface area contributed by atoms with Crippen molar-refractivity contribution in [3.63, 3.8) is 0 Å². The highest BCUT2D eigenvalue weighted by molar-refractivity contribution is 9.09. The molecule has 0 amide bonds. The topological polar surface area (TPSA) is 46.2 Å². The summed E-state index contributed by atoms with van der Waals surface area (Å²) in [6.07, 6.45) is 1.17. The van der Waals surface area contributed by atoms with Crippen molar-refractivity contribution in [3.05, 3.63) is 0 Å². The molecule has 1 atom stereocenters. The molecule has 11 heavy (non-hydrogen) atoms. The fraction of sp³-hybridized carbons (Fsp3) is 1.00. The Morgan fingerprint density at radius 2 is 1.91 bits per heavy atom. The number of nitrogens with one attached hydrogen (secondary N) is 1. The summed E-state index contributed by atoms with van der Waals surface area (Å²) in [5.41, 5.74) is 0. The summed E-state index contributed by atoms with van der Waals surface area (Å²) < 4.78 is 24.1. The first-order valence-corrected chi connectivity index (χ1v) is 6.41. The maximum atomic E-state index is 10.8. The maximum absolute atomic E-state index is 10.8. The summed E-state index contributed by atoms with van der Waals surface area (Å²) in [5, 5.41) is 0.651. The molecule has 0 spiro atoms. The molecule has 0 saturated heterocycles. The molecule has 0 radical (unpaired) electrons. The van der Waals surface area contributed by atoms with Crippen LogP contribution in [0.4, 0.5) is 0 Å². The van der Waals surface area contributed by atoms with Gasteiger partial charge in [0, 0.05) is 11.4 Å². The van der Waals surface area contributed by atoms with Crippen molar-refractivity contribution in [2.45, 2.75) is 19.9 Å². The van der Waals surface area contributed by atoms with E-state index < -0.39 is 10.0 Å². The first-order valence-electron chi connectivity index (χ1n) is 3.40. The predicted octanol–water partition coefficient (Wildman–Crippen LogP) is 0.955. The molecule has 0 aromatic carbocycles. The lowest BCUT2D eigenvalue weighted by Crippen LogP contribution is -2.38. The minimum absolute atomic E-state index is 0.00926. The van der Waals surface area contributed by atoms with Gasteiger partial charge in [-0.25, -0.2) is 13.1 Å². The normalized spacial score (nSPS) is 15.4. The van der Waals surface area contributed by atoms with Crippen LogP contribution in [0.5, 0.6) is 0 Å². The Labute approximate surface area is 76.7 Å². The van der Waals surface area contributed by atoms with Crippen molar-refractivity contribution in [2.24, 2.45) is 5.92 Å². The second-order valence-electron chi connectivity index (χ2n) is 2.89. The van der Waals surface area contributed by atoms with Gasteiger partial charge in [-0.3, -0.25) is 0 Å². The SMILES string of the molecule is CC(C)C(CBr)NS(C)(=O)=O. The highest BCUT2D eigenvalue weighted by atomic mass is 79.9. The van der Waals surface area contributed by atoms with E-state index >= 15 is 0 Å². The van der Waals surface area contributed by atoms with E-state index in [0.29, 0.717) is 11.2 Å². The third-order valence-corrected chi connectivity index (χ3v) is 2.76. The first-order chi connectivity index (χ1) is 4.87. The molecule has 0 aliphatic carbocycles. The van der Waals surface area contributed by atoms with E-state index in [1.165, 1.54) is 6.26 Å². The second kappa shape index (κ2) is 4.42. The predicted molar refractivity (Wildman–Crippen MR) is 50.4 cm³/mol. The third-order valence-electron chi connectivity index (χ3n) is 1.34. The van der Waals surface area contributed by atoms with E-state index in [9.17, 15) is 8.42 Å². The fourth-order valence-electron chi connectivity index (χ4n) is 0.621. The lowest BCUT2D eigenvalue weighted by Gasteiger charge is -2.17. The average molecular weight is 244 g/mol. The molecule has 68 valence electrons. The van der Waals surface area contributed by atoms with Gasteiger partial charge in [-0.15, -0.1) is 0 Å². The summed E-state index contributed by atoms with van der Waals surface area (Å²) in [6.45, 7) is 3.95. The lowest BCUT2D eigenvalue weighted by molar-refractivity contribution is 0.486. The summed E-state index contributed by atoms with van der Waals surface area (Å²) >= 11 is 3.24. The van der Waals surface area contributed by atoms with Crippen molar-refractivity contribution in [1.29, 1.82) is 0 Å². The Morgan fingerprint density at radius 3 is 2.00 bits per heavy atom. The Kier molecular flexibility index (Phi) is 4.58. The van der Waals surface area contributed by atoms with Crippen LogP contribution in [0.3, 0.4) is 0 Å². The summed E-state index contributed by atoms with van der Waals surface area (Å²) in [6, 6.07) is -0.00926. The number of hydrogen-bond donors (Lipinski definition) is 1. The molecule has 5 heteroatoms. The van der Waals surface area contributed by atoms with E-state index in [-0.39, 0.29) is 6.04 Å². The van der Waals surface area contributed by atoms with E-state index in [4.69, 9.17) is 0 Å². The van der Waals surface area contributed by atoms with Crippen LogP contribution < -0.4 is 4.72 Å².